The zero-order chi connectivity index (χ0) is 13.9. The monoisotopic (exact) mass is 275 g/mol. The molecule has 1 aromatic carbocycles. The van der Waals surface area contributed by atoms with Gasteiger partial charge in [0, 0.05) is 25.7 Å². The summed E-state index contributed by atoms with van der Waals surface area (Å²) in [5, 5.41) is 2.94. The first-order chi connectivity index (χ1) is 9.72. The van der Waals surface area contributed by atoms with Gasteiger partial charge in [0.15, 0.2) is 0 Å². The van der Waals surface area contributed by atoms with E-state index < -0.39 is 0 Å². The Labute approximate surface area is 115 Å². The van der Waals surface area contributed by atoms with Gasteiger partial charge in [0.2, 0.25) is 5.91 Å². The molecule has 6 heteroatoms. The maximum Gasteiger partial charge on any atom is 0.323 e. The van der Waals surface area contributed by atoms with E-state index in [2.05, 4.69) is 15.3 Å². The van der Waals surface area contributed by atoms with Crippen LogP contribution in [0, 0.1) is 5.92 Å². The van der Waals surface area contributed by atoms with Gasteiger partial charge in [0.25, 0.3) is 0 Å². The van der Waals surface area contributed by atoms with E-state index in [1.807, 2.05) is 18.2 Å². The molecule has 6 nitrogen and oxygen atoms in total. The molecule has 2 heterocycles. The highest BCUT2D eigenvalue weighted by molar-refractivity contribution is 5.79. The van der Waals surface area contributed by atoms with E-state index in [-0.39, 0.29) is 17.5 Å². The SMILES string of the molecule is O=C(NCc1ccc2[nH]c(=O)[nH]c2c1)C1CCOCC1. The molecule has 1 aliphatic rings. The molecular weight excluding hydrogens is 258 g/mol. The van der Waals surface area contributed by atoms with Crippen molar-refractivity contribution in [3.8, 4) is 0 Å². The predicted molar refractivity (Wildman–Crippen MR) is 74.3 cm³/mol. The molecule has 3 rings (SSSR count). The summed E-state index contributed by atoms with van der Waals surface area (Å²) in [5.74, 6) is 0.135. The largest absolute Gasteiger partial charge is 0.381 e. The summed E-state index contributed by atoms with van der Waals surface area (Å²) in [6.45, 7) is 1.79. The number of carbonyl (C=O) groups is 1. The Hall–Kier alpha value is -2.08. The summed E-state index contributed by atoms with van der Waals surface area (Å²) in [6.07, 6.45) is 1.58. The maximum absolute atomic E-state index is 12.0. The smallest absolute Gasteiger partial charge is 0.323 e. The van der Waals surface area contributed by atoms with Crippen LogP contribution in [0.2, 0.25) is 0 Å². The molecule has 1 aliphatic heterocycles. The van der Waals surface area contributed by atoms with Crippen molar-refractivity contribution in [2.45, 2.75) is 19.4 Å². The molecule has 106 valence electrons. The average molecular weight is 275 g/mol. The summed E-state index contributed by atoms with van der Waals surface area (Å²) in [7, 11) is 0. The molecular formula is C14H17N3O3. The first-order valence-corrected chi connectivity index (χ1v) is 6.79. The van der Waals surface area contributed by atoms with Crippen LogP contribution in [0.15, 0.2) is 23.0 Å². The highest BCUT2D eigenvalue weighted by Crippen LogP contribution is 2.15. The summed E-state index contributed by atoms with van der Waals surface area (Å²) in [6, 6.07) is 5.61. The number of benzene rings is 1. The van der Waals surface area contributed by atoms with Crippen LogP contribution in [0.3, 0.4) is 0 Å². The van der Waals surface area contributed by atoms with Crippen LogP contribution >= 0.6 is 0 Å². The van der Waals surface area contributed by atoms with E-state index >= 15 is 0 Å². The maximum atomic E-state index is 12.0. The van der Waals surface area contributed by atoms with Gasteiger partial charge >= 0.3 is 5.69 Å². The number of aromatic amines is 2. The molecule has 0 aliphatic carbocycles. The molecule has 2 aromatic rings. The number of H-pyrrole nitrogens is 2. The molecule has 1 aromatic heterocycles. The van der Waals surface area contributed by atoms with Crippen molar-refractivity contribution >= 4 is 16.9 Å². The minimum atomic E-state index is -0.219. The minimum Gasteiger partial charge on any atom is -0.381 e. The molecule has 0 bridgehead atoms. The fourth-order valence-corrected chi connectivity index (χ4v) is 2.48. The van der Waals surface area contributed by atoms with Crippen molar-refractivity contribution in [3.05, 3.63) is 34.2 Å². The Morgan fingerprint density at radius 1 is 1.25 bits per heavy atom. The van der Waals surface area contributed by atoms with Crippen LogP contribution in [0.4, 0.5) is 0 Å². The fraction of sp³-hybridized carbons (Fsp3) is 0.429. The minimum absolute atomic E-state index is 0.0551. The number of carbonyl (C=O) groups excluding carboxylic acids is 1. The topological polar surface area (TPSA) is 87.0 Å². The molecule has 0 spiro atoms. The normalized spacial score (nSPS) is 16.4. The summed E-state index contributed by atoms with van der Waals surface area (Å²) >= 11 is 0. The second-order valence-corrected chi connectivity index (χ2v) is 5.06. The van der Waals surface area contributed by atoms with E-state index in [0.29, 0.717) is 19.8 Å². The molecule has 1 saturated heterocycles. The lowest BCUT2D eigenvalue weighted by Crippen LogP contribution is -2.33. The van der Waals surface area contributed by atoms with E-state index in [0.717, 1.165) is 29.4 Å². The highest BCUT2D eigenvalue weighted by Gasteiger charge is 2.20. The summed E-state index contributed by atoms with van der Waals surface area (Å²) in [5.41, 5.74) is 2.28. The number of ether oxygens (including phenoxy) is 1. The molecule has 1 amide bonds. The van der Waals surface area contributed by atoms with Crippen molar-refractivity contribution < 1.29 is 9.53 Å². The van der Waals surface area contributed by atoms with Gasteiger partial charge in [-0.05, 0) is 30.5 Å². The quantitative estimate of drug-likeness (QED) is 0.777. The highest BCUT2D eigenvalue weighted by atomic mass is 16.5. The van der Waals surface area contributed by atoms with Crippen LogP contribution in [0.1, 0.15) is 18.4 Å². The number of hydrogen-bond acceptors (Lipinski definition) is 3. The van der Waals surface area contributed by atoms with Crippen LogP contribution in [0.25, 0.3) is 11.0 Å². The zero-order valence-electron chi connectivity index (χ0n) is 11.1. The molecule has 0 radical (unpaired) electrons. The third-order valence-corrected chi connectivity index (χ3v) is 3.64. The van der Waals surface area contributed by atoms with Gasteiger partial charge in [0.05, 0.1) is 11.0 Å². The van der Waals surface area contributed by atoms with Gasteiger partial charge in [-0.3, -0.25) is 4.79 Å². The molecule has 0 saturated carbocycles. The van der Waals surface area contributed by atoms with Crippen molar-refractivity contribution in [2.24, 2.45) is 5.92 Å². The lowest BCUT2D eigenvalue weighted by Gasteiger charge is -2.21. The molecule has 0 atom stereocenters. The Kier molecular flexibility index (Phi) is 3.56. The number of aromatic nitrogens is 2. The summed E-state index contributed by atoms with van der Waals surface area (Å²) in [4.78, 5) is 28.6. The molecule has 20 heavy (non-hydrogen) atoms. The number of hydrogen-bond donors (Lipinski definition) is 3. The first kappa shape index (κ1) is 12.9. The number of imidazole rings is 1. The van der Waals surface area contributed by atoms with Crippen molar-refractivity contribution in [2.75, 3.05) is 13.2 Å². The second-order valence-electron chi connectivity index (χ2n) is 5.06. The Balaban J connectivity index is 1.64. The Bertz CT molecular complexity index is 668. The van der Waals surface area contributed by atoms with E-state index in [4.69, 9.17) is 4.74 Å². The van der Waals surface area contributed by atoms with Crippen molar-refractivity contribution in [3.63, 3.8) is 0 Å². The average Bonchev–Trinajstić information content (AvgIpc) is 2.85. The third kappa shape index (κ3) is 2.75. The van der Waals surface area contributed by atoms with Gasteiger partial charge in [0.1, 0.15) is 0 Å². The van der Waals surface area contributed by atoms with Crippen LogP contribution in [-0.4, -0.2) is 29.1 Å². The van der Waals surface area contributed by atoms with Crippen LogP contribution in [0.5, 0.6) is 0 Å². The second kappa shape index (κ2) is 5.50. The lowest BCUT2D eigenvalue weighted by atomic mass is 9.99. The molecule has 0 unspecified atom stereocenters. The van der Waals surface area contributed by atoms with Gasteiger partial charge in [-0.25, -0.2) is 4.79 Å². The fourth-order valence-electron chi connectivity index (χ4n) is 2.48. The summed E-state index contributed by atoms with van der Waals surface area (Å²) < 4.78 is 5.25. The van der Waals surface area contributed by atoms with Crippen LogP contribution < -0.4 is 11.0 Å². The van der Waals surface area contributed by atoms with E-state index in [1.165, 1.54) is 0 Å². The number of amides is 1. The number of nitrogens with one attached hydrogen (secondary N) is 3. The number of fused-ring (bicyclic) bond motifs is 1. The first-order valence-electron chi connectivity index (χ1n) is 6.79. The van der Waals surface area contributed by atoms with E-state index in [9.17, 15) is 9.59 Å². The Morgan fingerprint density at radius 2 is 2.00 bits per heavy atom. The van der Waals surface area contributed by atoms with Crippen LogP contribution in [-0.2, 0) is 16.1 Å². The predicted octanol–water partition coefficient (Wildman–Crippen LogP) is 0.899. The van der Waals surface area contributed by atoms with Gasteiger partial charge in [-0.1, -0.05) is 6.07 Å². The number of rotatable bonds is 3. The zero-order valence-corrected chi connectivity index (χ0v) is 11.1. The standard InChI is InChI=1S/C14H17N3O3/c18-13(10-3-5-20-6-4-10)15-8-9-1-2-11-12(7-9)17-14(19)16-11/h1-2,7,10H,3-6,8H2,(H,15,18)(H2,16,17,19). The van der Waals surface area contributed by atoms with Crippen molar-refractivity contribution in [1.29, 1.82) is 0 Å². The molecule has 1 fully saturated rings. The van der Waals surface area contributed by atoms with E-state index in [1.54, 1.807) is 0 Å². The van der Waals surface area contributed by atoms with Gasteiger partial charge in [-0.2, -0.15) is 0 Å². The third-order valence-electron chi connectivity index (χ3n) is 3.64. The van der Waals surface area contributed by atoms with Crippen molar-refractivity contribution in [1.82, 2.24) is 15.3 Å². The lowest BCUT2D eigenvalue weighted by molar-refractivity contribution is -0.128. The molecule has 3 N–H and O–H groups in total. The van der Waals surface area contributed by atoms with Gasteiger partial charge in [-0.15, -0.1) is 0 Å². The van der Waals surface area contributed by atoms with Gasteiger partial charge < -0.3 is 20.0 Å². The Morgan fingerprint density at radius 3 is 2.80 bits per heavy atom.